The number of pyridine rings is 1. The van der Waals surface area contributed by atoms with Gasteiger partial charge in [0.2, 0.25) is 5.88 Å². The summed E-state index contributed by atoms with van der Waals surface area (Å²) in [6.07, 6.45) is 1.69. The van der Waals surface area contributed by atoms with Crippen LogP contribution in [0.3, 0.4) is 0 Å². The number of methoxy groups -OCH3 is 1. The minimum Gasteiger partial charge on any atom is -0.497 e. The molecule has 0 spiro atoms. The summed E-state index contributed by atoms with van der Waals surface area (Å²) in [5.74, 6) is 8.28. The molecule has 0 radical (unpaired) electrons. The molecule has 168 valence electrons. The van der Waals surface area contributed by atoms with E-state index >= 15 is 0 Å². The number of hydrogen-bond acceptors (Lipinski definition) is 6. The maximum Gasteiger partial charge on any atom is 0.250 e. The molecule has 5 aromatic rings. The predicted octanol–water partition coefficient (Wildman–Crippen LogP) is 5.68. The van der Waals surface area contributed by atoms with Crippen molar-refractivity contribution >= 4 is 22.1 Å². The Bertz CT molecular complexity index is 1590. The van der Waals surface area contributed by atoms with Gasteiger partial charge in [0.25, 0.3) is 0 Å². The van der Waals surface area contributed by atoms with Crippen LogP contribution < -0.4 is 9.47 Å². The van der Waals surface area contributed by atoms with Crippen molar-refractivity contribution in [3.63, 3.8) is 0 Å². The van der Waals surface area contributed by atoms with Crippen molar-refractivity contribution in [3.05, 3.63) is 88.4 Å². The second-order valence-electron chi connectivity index (χ2n) is 8.08. The normalized spacial score (nSPS) is 10.8. The molecule has 34 heavy (non-hydrogen) atoms. The molecule has 3 heterocycles. The third-order valence-electron chi connectivity index (χ3n) is 5.67. The third kappa shape index (κ3) is 4.16. The standard InChI is InChI=1S/C28H23N3O3/c1-17-7-8-18(2)20(14-17)9-11-25-28(31-24-6-5-13-29-27(24)30-25)33-16-23-19(3)34-26-12-10-21(32-4)15-22(23)26/h5-8,10,12-15H,16H2,1-4H3. The monoisotopic (exact) mass is 449 g/mol. The Labute approximate surface area is 197 Å². The summed E-state index contributed by atoms with van der Waals surface area (Å²) in [4.78, 5) is 13.6. The third-order valence-corrected chi connectivity index (χ3v) is 5.67. The SMILES string of the molecule is COc1ccc2oc(C)c(COc3nc4cccnc4nc3C#Cc3cc(C)ccc3C)c2c1. The number of fused-ring (bicyclic) bond motifs is 2. The summed E-state index contributed by atoms with van der Waals surface area (Å²) in [6.45, 7) is 6.26. The number of furan rings is 1. The molecule has 0 amide bonds. The lowest BCUT2D eigenvalue weighted by molar-refractivity contribution is 0.291. The number of rotatable bonds is 4. The Balaban J connectivity index is 1.55. The van der Waals surface area contributed by atoms with E-state index in [0.29, 0.717) is 22.7 Å². The molecule has 0 saturated heterocycles. The first-order valence-corrected chi connectivity index (χ1v) is 10.9. The molecule has 0 fully saturated rings. The number of hydrogen-bond donors (Lipinski definition) is 0. The van der Waals surface area contributed by atoms with E-state index < -0.39 is 0 Å². The lowest BCUT2D eigenvalue weighted by Gasteiger charge is -2.08. The van der Waals surface area contributed by atoms with Crippen LogP contribution >= 0.6 is 0 Å². The van der Waals surface area contributed by atoms with Crippen LogP contribution in [-0.2, 0) is 6.61 Å². The molecule has 3 aromatic heterocycles. The number of ether oxygens (including phenoxy) is 2. The molecule has 0 N–H and O–H groups in total. The van der Waals surface area contributed by atoms with E-state index in [-0.39, 0.29) is 6.61 Å². The molecular formula is C28H23N3O3. The maximum atomic E-state index is 6.19. The lowest BCUT2D eigenvalue weighted by Crippen LogP contribution is -2.03. The average molecular weight is 450 g/mol. The van der Waals surface area contributed by atoms with Gasteiger partial charge in [-0.2, -0.15) is 0 Å². The van der Waals surface area contributed by atoms with Gasteiger partial charge < -0.3 is 13.9 Å². The van der Waals surface area contributed by atoms with Crippen molar-refractivity contribution in [1.29, 1.82) is 0 Å². The van der Waals surface area contributed by atoms with Crippen LogP contribution in [0, 0.1) is 32.6 Å². The van der Waals surface area contributed by atoms with Crippen molar-refractivity contribution in [3.8, 4) is 23.5 Å². The van der Waals surface area contributed by atoms with Crippen LogP contribution in [-0.4, -0.2) is 22.1 Å². The first-order valence-electron chi connectivity index (χ1n) is 10.9. The van der Waals surface area contributed by atoms with Gasteiger partial charge in [0, 0.05) is 22.7 Å². The van der Waals surface area contributed by atoms with Gasteiger partial charge in [-0.25, -0.2) is 15.0 Å². The Kier molecular flexibility index (Phi) is 5.60. The van der Waals surface area contributed by atoms with Crippen molar-refractivity contribution in [2.75, 3.05) is 7.11 Å². The molecule has 0 bridgehead atoms. The topological polar surface area (TPSA) is 70.3 Å². The first kappa shape index (κ1) is 21.5. The Hall–Kier alpha value is -4.37. The summed E-state index contributed by atoms with van der Waals surface area (Å²) in [7, 11) is 1.64. The maximum absolute atomic E-state index is 6.19. The van der Waals surface area contributed by atoms with E-state index in [4.69, 9.17) is 13.9 Å². The molecule has 6 heteroatoms. The predicted molar refractivity (Wildman–Crippen MR) is 131 cm³/mol. The van der Waals surface area contributed by atoms with E-state index in [0.717, 1.165) is 44.7 Å². The highest BCUT2D eigenvalue weighted by Gasteiger charge is 2.15. The van der Waals surface area contributed by atoms with Gasteiger partial charge in [0.15, 0.2) is 11.3 Å². The number of nitrogens with zero attached hydrogens (tertiary/aromatic N) is 3. The summed E-state index contributed by atoms with van der Waals surface area (Å²) in [5.41, 5.74) is 6.50. The quantitative estimate of drug-likeness (QED) is 0.329. The first-order chi connectivity index (χ1) is 16.5. The zero-order chi connectivity index (χ0) is 23.7. The van der Waals surface area contributed by atoms with Gasteiger partial charge in [-0.1, -0.05) is 18.1 Å². The van der Waals surface area contributed by atoms with Crippen LogP contribution in [0.15, 0.2) is 59.1 Å². The van der Waals surface area contributed by atoms with E-state index in [2.05, 4.69) is 45.0 Å². The molecule has 0 aliphatic rings. The van der Waals surface area contributed by atoms with Crippen LogP contribution in [0.25, 0.3) is 22.1 Å². The van der Waals surface area contributed by atoms with Crippen LogP contribution in [0.1, 0.15) is 33.7 Å². The Morgan fingerprint density at radius 2 is 1.85 bits per heavy atom. The fourth-order valence-corrected chi connectivity index (χ4v) is 3.75. The van der Waals surface area contributed by atoms with Crippen molar-refractivity contribution in [2.24, 2.45) is 0 Å². The largest absolute Gasteiger partial charge is 0.497 e. The fraction of sp³-hybridized carbons (Fsp3) is 0.179. The summed E-state index contributed by atoms with van der Waals surface area (Å²) in [5, 5.41) is 0.940. The second kappa shape index (κ2) is 8.87. The van der Waals surface area contributed by atoms with Crippen molar-refractivity contribution < 1.29 is 13.9 Å². The van der Waals surface area contributed by atoms with E-state index in [1.54, 1.807) is 13.3 Å². The fourth-order valence-electron chi connectivity index (χ4n) is 3.75. The zero-order valence-corrected chi connectivity index (χ0v) is 19.5. The minimum atomic E-state index is 0.255. The highest BCUT2D eigenvalue weighted by atomic mass is 16.5. The number of aryl methyl sites for hydroxylation is 3. The molecule has 0 aliphatic heterocycles. The molecule has 2 aromatic carbocycles. The van der Waals surface area contributed by atoms with Gasteiger partial charge in [0.05, 0.1) is 7.11 Å². The van der Waals surface area contributed by atoms with Crippen LogP contribution in [0.4, 0.5) is 0 Å². The molecule has 0 saturated carbocycles. The van der Waals surface area contributed by atoms with Gasteiger partial charge in [0.1, 0.15) is 29.2 Å². The highest BCUT2D eigenvalue weighted by molar-refractivity contribution is 5.83. The minimum absolute atomic E-state index is 0.255. The second-order valence-corrected chi connectivity index (χ2v) is 8.08. The van der Waals surface area contributed by atoms with Gasteiger partial charge >= 0.3 is 0 Å². The number of benzene rings is 2. The van der Waals surface area contributed by atoms with E-state index in [9.17, 15) is 0 Å². The number of aromatic nitrogens is 3. The Morgan fingerprint density at radius 1 is 0.971 bits per heavy atom. The molecule has 5 rings (SSSR count). The van der Waals surface area contributed by atoms with Gasteiger partial charge in [-0.05, 0) is 74.2 Å². The van der Waals surface area contributed by atoms with Gasteiger partial charge in [-0.15, -0.1) is 0 Å². The van der Waals surface area contributed by atoms with E-state index in [1.165, 1.54) is 0 Å². The van der Waals surface area contributed by atoms with Crippen LogP contribution in [0.2, 0.25) is 0 Å². The summed E-state index contributed by atoms with van der Waals surface area (Å²) in [6, 6.07) is 15.6. The summed E-state index contributed by atoms with van der Waals surface area (Å²) < 4.78 is 17.5. The molecule has 6 nitrogen and oxygen atoms in total. The van der Waals surface area contributed by atoms with Crippen molar-refractivity contribution in [2.45, 2.75) is 27.4 Å². The average Bonchev–Trinajstić information content (AvgIpc) is 3.16. The molecule has 0 atom stereocenters. The van der Waals surface area contributed by atoms with Crippen LogP contribution in [0.5, 0.6) is 11.6 Å². The van der Waals surface area contributed by atoms with Gasteiger partial charge in [-0.3, -0.25) is 0 Å². The van der Waals surface area contributed by atoms with E-state index in [1.807, 2.05) is 51.1 Å². The van der Waals surface area contributed by atoms with Crippen molar-refractivity contribution in [1.82, 2.24) is 15.0 Å². The zero-order valence-electron chi connectivity index (χ0n) is 19.5. The highest BCUT2D eigenvalue weighted by Crippen LogP contribution is 2.30. The Morgan fingerprint density at radius 3 is 2.71 bits per heavy atom. The molecular weight excluding hydrogens is 426 g/mol. The summed E-state index contributed by atoms with van der Waals surface area (Å²) >= 11 is 0. The lowest BCUT2D eigenvalue weighted by atomic mass is 10.1. The molecule has 0 unspecified atom stereocenters. The smallest absolute Gasteiger partial charge is 0.250 e. The molecule has 0 aliphatic carbocycles.